The summed E-state index contributed by atoms with van der Waals surface area (Å²) in [4.78, 5) is 82.8. The molecule has 1 aromatic carbocycles. The number of hydrogen-bond acceptors (Lipinski definition) is 10. The van der Waals surface area contributed by atoms with Crippen molar-refractivity contribution in [3.05, 3.63) is 47.5 Å². The maximum atomic E-state index is 11.6. The summed E-state index contributed by atoms with van der Waals surface area (Å²) >= 11 is 0. The van der Waals surface area contributed by atoms with E-state index in [1.807, 2.05) is 0 Å². The third-order valence-electron chi connectivity index (χ3n) is 2.92. The minimum Gasteiger partial charge on any atom is -0.478 e. The van der Waals surface area contributed by atoms with Gasteiger partial charge in [-0.05, 0) is 30.7 Å². The van der Waals surface area contributed by atoms with Crippen LogP contribution >= 0.6 is 0 Å². The lowest BCUT2D eigenvalue weighted by atomic mass is 10.1. The summed E-state index contributed by atoms with van der Waals surface area (Å²) < 4.78 is 0. The first-order valence-corrected chi connectivity index (χ1v) is 7.76. The van der Waals surface area contributed by atoms with Gasteiger partial charge in [0.1, 0.15) is 0 Å². The van der Waals surface area contributed by atoms with Crippen LogP contribution in [0.4, 0.5) is 0 Å². The van der Waals surface area contributed by atoms with Gasteiger partial charge in [0.05, 0.1) is 24.0 Å². The fraction of sp³-hybridized carbons (Fsp3) is 0.176. The van der Waals surface area contributed by atoms with Gasteiger partial charge in [0.25, 0.3) is 0 Å². The van der Waals surface area contributed by atoms with Crippen molar-refractivity contribution in [2.75, 3.05) is 0 Å². The van der Waals surface area contributed by atoms with Crippen molar-refractivity contribution in [2.24, 2.45) is 0 Å². The molecule has 0 amide bonds. The Morgan fingerprint density at radius 2 is 1.24 bits per heavy atom. The number of rotatable bonds is 8. The van der Waals surface area contributed by atoms with Crippen LogP contribution in [0.3, 0.4) is 0 Å². The summed E-state index contributed by atoms with van der Waals surface area (Å²) in [6, 6.07) is 4.67. The number of carboxylic acids is 2. The number of carbonyl (C=O) groups excluding carboxylic acids is 4. The van der Waals surface area contributed by atoms with Crippen LogP contribution in [0.1, 0.15) is 40.0 Å². The molecular weight excluding hydrogens is 396 g/mol. The van der Waals surface area contributed by atoms with E-state index in [0.29, 0.717) is 12.2 Å². The standard InChI is InChI=1S/C17H14O12/c18-12(19)8-9-15(22)27-26-13(20)2-1-3-14(21)28-29-17(25)11-6-4-10(5-7-11)16(23)24/h4-9H,1-3H2,(H,18,19)(H,23,24)/b9-8-. The van der Waals surface area contributed by atoms with E-state index in [0.717, 1.165) is 12.1 Å². The maximum absolute atomic E-state index is 11.6. The Morgan fingerprint density at radius 1 is 0.724 bits per heavy atom. The molecule has 0 aliphatic rings. The van der Waals surface area contributed by atoms with Gasteiger partial charge in [-0.15, -0.1) is 0 Å². The van der Waals surface area contributed by atoms with E-state index in [1.165, 1.54) is 12.1 Å². The molecule has 1 rings (SSSR count). The second kappa shape index (κ2) is 11.5. The van der Waals surface area contributed by atoms with E-state index in [-0.39, 0.29) is 30.4 Å². The molecule has 0 bridgehead atoms. The highest BCUT2D eigenvalue weighted by atomic mass is 17.2. The van der Waals surface area contributed by atoms with Crippen LogP contribution in [0.2, 0.25) is 0 Å². The zero-order valence-electron chi connectivity index (χ0n) is 14.6. The van der Waals surface area contributed by atoms with Gasteiger partial charge >= 0.3 is 35.8 Å². The minimum atomic E-state index is -1.40. The predicted molar refractivity (Wildman–Crippen MR) is 87.7 cm³/mol. The lowest BCUT2D eigenvalue weighted by Crippen LogP contribution is -2.13. The molecule has 0 heterocycles. The minimum absolute atomic E-state index is 0.0472. The molecule has 0 aliphatic carbocycles. The summed E-state index contributed by atoms with van der Waals surface area (Å²) in [6.45, 7) is 0. The molecule has 0 radical (unpaired) electrons. The lowest BCUT2D eigenvalue weighted by Gasteiger charge is -2.04. The smallest absolute Gasteiger partial charge is 0.386 e. The average Bonchev–Trinajstić information content (AvgIpc) is 2.68. The van der Waals surface area contributed by atoms with Crippen molar-refractivity contribution in [3.8, 4) is 0 Å². The first-order valence-electron chi connectivity index (χ1n) is 7.76. The van der Waals surface area contributed by atoms with Crippen molar-refractivity contribution in [1.29, 1.82) is 0 Å². The Labute approximate surface area is 162 Å². The number of aromatic carboxylic acids is 1. The molecule has 0 spiro atoms. The number of carbonyl (C=O) groups is 6. The van der Waals surface area contributed by atoms with Gasteiger partial charge in [0.15, 0.2) is 0 Å². The summed E-state index contributed by atoms with van der Waals surface area (Å²) in [5.74, 6) is -6.81. The first kappa shape index (κ1) is 22.8. The molecular formula is C17H14O12. The summed E-state index contributed by atoms with van der Waals surface area (Å²) in [6.07, 6.45) is 0.221. The SMILES string of the molecule is O=C(O)/C=C\C(=O)OOC(=O)CCCC(=O)OOC(=O)c1ccc(C(=O)O)cc1. The second-order valence-corrected chi connectivity index (χ2v) is 5.09. The molecule has 0 aliphatic heterocycles. The molecule has 12 heteroatoms. The van der Waals surface area contributed by atoms with Crippen LogP contribution in [0.5, 0.6) is 0 Å². The second-order valence-electron chi connectivity index (χ2n) is 5.09. The Bertz CT molecular complexity index is 821. The Kier molecular flexibility index (Phi) is 9.04. The van der Waals surface area contributed by atoms with Crippen molar-refractivity contribution in [2.45, 2.75) is 19.3 Å². The van der Waals surface area contributed by atoms with Crippen LogP contribution in [0.15, 0.2) is 36.4 Å². The Balaban J connectivity index is 2.25. The summed E-state index contributed by atoms with van der Waals surface area (Å²) in [5, 5.41) is 17.0. The van der Waals surface area contributed by atoms with Gasteiger partial charge in [0, 0.05) is 12.2 Å². The normalized spacial score (nSPS) is 10.1. The Hall–Kier alpha value is -4.22. The van der Waals surface area contributed by atoms with Crippen molar-refractivity contribution in [1.82, 2.24) is 0 Å². The van der Waals surface area contributed by atoms with E-state index in [2.05, 4.69) is 19.6 Å². The molecule has 0 aromatic heterocycles. The molecule has 0 saturated heterocycles. The summed E-state index contributed by atoms with van der Waals surface area (Å²) in [7, 11) is 0. The highest BCUT2D eigenvalue weighted by Gasteiger charge is 2.15. The number of hydrogen-bond donors (Lipinski definition) is 2. The van der Waals surface area contributed by atoms with Crippen LogP contribution in [0, 0.1) is 0 Å². The molecule has 0 atom stereocenters. The molecule has 0 saturated carbocycles. The van der Waals surface area contributed by atoms with Crippen LogP contribution in [-0.2, 0) is 38.7 Å². The fourth-order valence-corrected chi connectivity index (χ4v) is 1.60. The van der Waals surface area contributed by atoms with Crippen LogP contribution in [-0.4, -0.2) is 46.0 Å². The van der Waals surface area contributed by atoms with E-state index >= 15 is 0 Å². The largest absolute Gasteiger partial charge is 0.478 e. The quantitative estimate of drug-likeness (QED) is 0.350. The summed E-state index contributed by atoms with van der Waals surface area (Å²) in [5.41, 5.74) is -0.0980. The zero-order valence-corrected chi connectivity index (χ0v) is 14.6. The predicted octanol–water partition coefficient (Wildman–Crippen LogP) is 0.812. The molecule has 1 aromatic rings. The number of benzene rings is 1. The third-order valence-corrected chi connectivity index (χ3v) is 2.92. The van der Waals surface area contributed by atoms with E-state index in [1.54, 1.807) is 0 Å². The van der Waals surface area contributed by atoms with Gasteiger partial charge < -0.3 is 10.2 Å². The van der Waals surface area contributed by atoms with Crippen molar-refractivity contribution < 1.29 is 58.5 Å². The van der Waals surface area contributed by atoms with Crippen molar-refractivity contribution >= 4 is 35.8 Å². The highest BCUT2D eigenvalue weighted by molar-refractivity contribution is 5.92. The van der Waals surface area contributed by atoms with Gasteiger partial charge in [-0.25, -0.2) is 48.3 Å². The van der Waals surface area contributed by atoms with Gasteiger partial charge in [0.2, 0.25) is 0 Å². The Morgan fingerprint density at radius 3 is 1.76 bits per heavy atom. The van der Waals surface area contributed by atoms with E-state index in [4.69, 9.17) is 10.2 Å². The molecule has 12 nitrogen and oxygen atoms in total. The van der Waals surface area contributed by atoms with Gasteiger partial charge in [-0.1, -0.05) is 0 Å². The average molecular weight is 410 g/mol. The van der Waals surface area contributed by atoms with Crippen LogP contribution in [0.25, 0.3) is 0 Å². The molecule has 29 heavy (non-hydrogen) atoms. The molecule has 2 N–H and O–H groups in total. The van der Waals surface area contributed by atoms with E-state index < -0.39 is 35.8 Å². The fourth-order valence-electron chi connectivity index (χ4n) is 1.60. The van der Waals surface area contributed by atoms with Gasteiger partial charge in [-0.2, -0.15) is 0 Å². The number of carboxylic acid groups (broad SMARTS) is 2. The highest BCUT2D eigenvalue weighted by Crippen LogP contribution is 2.07. The molecule has 0 unspecified atom stereocenters. The number of aliphatic carboxylic acids is 1. The maximum Gasteiger partial charge on any atom is 0.386 e. The molecule has 154 valence electrons. The lowest BCUT2D eigenvalue weighted by molar-refractivity contribution is -0.255. The van der Waals surface area contributed by atoms with Crippen LogP contribution < -0.4 is 0 Å². The monoisotopic (exact) mass is 410 g/mol. The van der Waals surface area contributed by atoms with E-state index in [9.17, 15) is 28.8 Å². The van der Waals surface area contributed by atoms with Gasteiger partial charge in [-0.3, -0.25) is 0 Å². The first-order chi connectivity index (χ1) is 13.7. The van der Waals surface area contributed by atoms with Crippen molar-refractivity contribution in [3.63, 3.8) is 0 Å². The molecule has 0 fully saturated rings. The zero-order chi connectivity index (χ0) is 21.8. The third kappa shape index (κ3) is 9.33. The topological polar surface area (TPSA) is 180 Å².